The van der Waals surface area contributed by atoms with Crippen LogP contribution in [0.4, 0.5) is 0 Å². The fourth-order valence-electron chi connectivity index (χ4n) is 0.937. The molecule has 2 aromatic rings. The molecule has 2 heterocycles. The third-order valence-electron chi connectivity index (χ3n) is 1.51. The van der Waals surface area contributed by atoms with E-state index in [2.05, 4.69) is 48.1 Å². The van der Waals surface area contributed by atoms with Gasteiger partial charge < -0.3 is 0 Å². The van der Waals surface area contributed by atoms with Crippen LogP contribution >= 0.6 is 70.6 Å². The van der Waals surface area contributed by atoms with Crippen molar-refractivity contribution >= 4 is 70.6 Å². The van der Waals surface area contributed by atoms with Crippen molar-refractivity contribution in [2.24, 2.45) is 0 Å². The molecule has 0 saturated heterocycles. The van der Waals surface area contributed by atoms with E-state index in [1.807, 2.05) is 0 Å². The van der Waals surface area contributed by atoms with Crippen LogP contribution in [0.2, 0.25) is 0 Å². The molecule has 112 valence electrons. The Bertz CT molecular complexity index is 553. The Labute approximate surface area is 145 Å². The summed E-state index contributed by atoms with van der Waals surface area (Å²) in [6.45, 7) is 8.54. The second-order valence-electron chi connectivity index (χ2n) is 4.09. The van der Waals surface area contributed by atoms with Crippen molar-refractivity contribution in [1.82, 2.24) is 20.4 Å². The highest BCUT2D eigenvalue weighted by molar-refractivity contribution is 8.01. The molecule has 0 saturated carbocycles. The predicted octanol–water partition coefficient (Wildman–Crippen LogP) is 5.40. The van der Waals surface area contributed by atoms with E-state index in [9.17, 15) is 0 Å². The fourth-order valence-corrected chi connectivity index (χ4v) is 5.54. The fraction of sp³-hybridized carbons (Fsp3) is 0.600. The van der Waals surface area contributed by atoms with Gasteiger partial charge in [0.05, 0.1) is 0 Å². The molecule has 0 atom stereocenters. The van der Waals surface area contributed by atoms with E-state index >= 15 is 0 Å². The molecule has 0 bridgehead atoms. The lowest BCUT2D eigenvalue weighted by Gasteiger charge is -1.96. The SMILES string of the molecule is CC(C)Sc1n[nH]c(=S)s1.CC(C)Sc1n[nH]c(=S)s1. The van der Waals surface area contributed by atoms with E-state index in [0.29, 0.717) is 10.5 Å². The third-order valence-corrected chi connectivity index (χ3v) is 5.88. The number of aromatic nitrogens is 4. The molecule has 2 N–H and O–H groups in total. The molecular weight excluding hydrogens is 369 g/mol. The number of nitrogens with zero attached hydrogens (tertiary/aromatic N) is 2. The van der Waals surface area contributed by atoms with Crippen LogP contribution in [0.5, 0.6) is 0 Å². The van der Waals surface area contributed by atoms with Crippen LogP contribution in [0.15, 0.2) is 8.68 Å². The highest BCUT2D eigenvalue weighted by atomic mass is 32.2. The van der Waals surface area contributed by atoms with E-state index in [1.54, 1.807) is 23.5 Å². The van der Waals surface area contributed by atoms with Crippen molar-refractivity contribution < 1.29 is 0 Å². The van der Waals surface area contributed by atoms with Gasteiger partial charge in [-0.15, -0.1) is 0 Å². The first-order valence-electron chi connectivity index (χ1n) is 5.81. The Balaban J connectivity index is 0.000000200. The van der Waals surface area contributed by atoms with Crippen molar-refractivity contribution in [2.45, 2.75) is 46.9 Å². The van der Waals surface area contributed by atoms with Crippen LogP contribution < -0.4 is 0 Å². The minimum Gasteiger partial charge on any atom is -0.257 e. The molecule has 2 aromatic heterocycles. The maximum absolute atomic E-state index is 4.87. The first kappa shape index (κ1) is 18.3. The summed E-state index contributed by atoms with van der Waals surface area (Å²) in [5.74, 6) is 0. The standard InChI is InChI=1S/2C5H8N2S3/c2*1-3(2)9-5-7-6-4(8)10-5/h2*3H,1-2H3,(H,6,8). The Morgan fingerprint density at radius 1 is 0.850 bits per heavy atom. The largest absolute Gasteiger partial charge is 0.257 e. The molecule has 0 aromatic carbocycles. The molecule has 0 amide bonds. The number of aromatic amines is 2. The summed E-state index contributed by atoms with van der Waals surface area (Å²) in [4.78, 5) is 0. The summed E-state index contributed by atoms with van der Waals surface area (Å²) in [5, 5.41) is 14.6. The normalized spacial score (nSPS) is 10.7. The zero-order valence-electron chi connectivity index (χ0n) is 11.5. The van der Waals surface area contributed by atoms with Crippen molar-refractivity contribution in [2.75, 3.05) is 0 Å². The average Bonchev–Trinajstić information content (AvgIpc) is 2.87. The smallest absolute Gasteiger partial charge is 0.177 e. The van der Waals surface area contributed by atoms with Crippen LogP contribution in [0.1, 0.15) is 27.7 Å². The molecule has 10 heteroatoms. The Morgan fingerprint density at radius 3 is 1.40 bits per heavy atom. The molecule has 0 aliphatic heterocycles. The molecule has 20 heavy (non-hydrogen) atoms. The maximum atomic E-state index is 4.87. The van der Waals surface area contributed by atoms with Gasteiger partial charge in [-0.05, 0) is 24.4 Å². The molecule has 0 unspecified atom stereocenters. The van der Waals surface area contributed by atoms with Gasteiger partial charge in [-0.1, -0.05) is 73.9 Å². The summed E-state index contributed by atoms with van der Waals surface area (Å²) >= 11 is 16.3. The van der Waals surface area contributed by atoms with Gasteiger partial charge in [0.25, 0.3) is 0 Å². The second-order valence-corrected chi connectivity index (χ2v) is 11.1. The van der Waals surface area contributed by atoms with E-state index in [1.165, 1.54) is 22.7 Å². The number of H-pyrrole nitrogens is 2. The minimum atomic E-state index is 0.578. The third kappa shape index (κ3) is 7.89. The van der Waals surface area contributed by atoms with Gasteiger partial charge in [0.15, 0.2) is 16.6 Å². The second kappa shape index (κ2) is 9.31. The number of hydrogen-bond donors (Lipinski definition) is 2. The molecule has 4 nitrogen and oxygen atoms in total. The quantitative estimate of drug-likeness (QED) is 0.543. The average molecular weight is 385 g/mol. The number of nitrogens with one attached hydrogen (secondary N) is 2. The summed E-state index contributed by atoms with van der Waals surface area (Å²) < 4.78 is 3.56. The molecule has 0 aliphatic rings. The first-order chi connectivity index (χ1) is 9.36. The van der Waals surface area contributed by atoms with E-state index < -0.39 is 0 Å². The van der Waals surface area contributed by atoms with Gasteiger partial charge in [0.2, 0.25) is 0 Å². The molecule has 0 spiro atoms. The summed E-state index contributed by atoms with van der Waals surface area (Å²) in [6.07, 6.45) is 0. The monoisotopic (exact) mass is 384 g/mol. The zero-order valence-corrected chi connectivity index (χ0v) is 16.4. The summed E-state index contributed by atoms with van der Waals surface area (Å²) in [7, 11) is 0. The minimum absolute atomic E-state index is 0.578. The highest BCUT2D eigenvalue weighted by Gasteiger charge is 2.01. The van der Waals surface area contributed by atoms with Crippen molar-refractivity contribution in [3.8, 4) is 0 Å². The van der Waals surface area contributed by atoms with Crippen molar-refractivity contribution in [3.63, 3.8) is 0 Å². The van der Waals surface area contributed by atoms with Crippen LogP contribution in [0, 0.1) is 7.91 Å². The van der Waals surface area contributed by atoms with Crippen LogP contribution in [0.25, 0.3) is 0 Å². The lowest BCUT2D eigenvalue weighted by atomic mass is 10.6. The van der Waals surface area contributed by atoms with E-state index in [4.69, 9.17) is 24.4 Å². The molecule has 2 rings (SSSR count). The highest BCUT2D eigenvalue weighted by Crippen LogP contribution is 2.24. The maximum Gasteiger partial charge on any atom is 0.177 e. The number of hydrogen-bond acceptors (Lipinski definition) is 8. The molecule has 0 aliphatic carbocycles. The van der Waals surface area contributed by atoms with Crippen molar-refractivity contribution in [3.05, 3.63) is 7.91 Å². The summed E-state index contributed by atoms with van der Waals surface area (Å²) in [5.41, 5.74) is 0. The molecular formula is C10H16N4S6. The Hall–Kier alpha value is 0.260. The van der Waals surface area contributed by atoms with Crippen molar-refractivity contribution in [1.29, 1.82) is 0 Å². The van der Waals surface area contributed by atoms with Crippen LogP contribution in [0.3, 0.4) is 0 Å². The van der Waals surface area contributed by atoms with Crippen LogP contribution in [-0.4, -0.2) is 30.9 Å². The van der Waals surface area contributed by atoms with E-state index in [0.717, 1.165) is 16.6 Å². The predicted molar refractivity (Wildman–Crippen MR) is 96.6 cm³/mol. The van der Waals surface area contributed by atoms with Gasteiger partial charge in [-0.2, -0.15) is 10.2 Å². The van der Waals surface area contributed by atoms with Gasteiger partial charge in [-0.25, -0.2) is 0 Å². The topological polar surface area (TPSA) is 57.4 Å². The summed E-state index contributed by atoms with van der Waals surface area (Å²) in [6, 6.07) is 0. The van der Waals surface area contributed by atoms with E-state index in [-0.39, 0.29) is 0 Å². The number of thioether (sulfide) groups is 2. The Kier molecular flexibility index (Phi) is 8.53. The molecule has 0 fully saturated rings. The number of rotatable bonds is 4. The van der Waals surface area contributed by atoms with Gasteiger partial charge in [-0.3, -0.25) is 10.2 Å². The molecule has 0 radical (unpaired) electrons. The van der Waals surface area contributed by atoms with Crippen LogP contribution in [-0.2, 0) is 0 Å². The van der Waals surface area contributed by atoms with Gasteiger partial charge >= 0.3 is 0 Å². The Morgan fingerprint density at radius 2 is 1.20 bits per heavy atom. The first-order valence-corrected chi connectivity index (χ1v) is 10.0. The van der Waals surface area contributed by atoms with Gasteiger partial charge in [0.1, 0.15) is 0 Å². The van der Waals surface area contributed by atoms with Gasteiger partial charge in [0, 0.05) is 10.5 Å². The zero-order chi connectivity index (χ0) is 15.1. The lowest BCUT2D eigenvalue weighted by molar-refractivity contribution is 0.994. The lowest BCUT2D eigenvalue weighted by Crippen LogP contribution is -1.84.